The fraction of sp³-hybridized carbons (Fsp3) is 0.200. The molecule has 9 nitrogen and oxygen atoms in total. The van der Waals surface area contributed by atoms with Crippen LogP contribution in [0, 0.1) is 0 Å². The highest BCUT2D eigenvalue weighted by molar-refractivity contribution is 5.89. The highest BCUT2D eigenvalue weighted by Crippen LogP contribution is 2.28. The monoisotopic (exact) mass is 327 g/mol. The van der Waals surface area contributed by atoms with Crippen LogP contribution in [-0.4, -0.2) is 51.1 Å². The Bertz CT molecular complexity index is 918. The number of rotatable bonds is 2. The number of nitrogen functional groups attached to an aromatic ring is 1. The summed E-state index contributed by atoms with van der Waals surface area (Å²) in [7, 11) is 0. The van der Waals surface area contributed by atoms with E-state index in [2.05, 4.69) is 15.3 Å². The van der Waals surface area contributed by atoms with Gasteiger partial charge in [0.15, 0.2) is 11.9 Å². The maximum atomic E-state index is 12.2. The quantitative estimate of drug-likeness (QED) is 0.573. The van der Waals surface area contributed by atoms with Gasteiger partial charge in [-0.15, -0.1) is 0 Å². The van der Waals surface area contributed by atoms with Crippen molar-refractivity contribution in [2.75, 3.05) is 29.0 Å². The van der Waals surface area contributed by atoms with Gasteiger partial charge < -0.3 is 16.2 Å². The van der Waals surface area contributed by atoms with E-state index in [0.717, 1.165) is 5.69 Å². The Balaban J connectivity index is 1.72. The van der Waals surface area contributed by atoms with Crippen molar-refractivity contribution < 1.29 is 14.5 Å². The molecule has 1 unspecified atom stereocenters. The number of hydrogen-bond acceptors (Lipinski definition) is 6. The minimum absolute atomic E-state index is 0.0724. The number of carbonyl (C=O) groups is 1. The average molecular weight is 327 g/mol. The van der Waals surface area contributed by atoms with Crippen molar-refractivity contribution in [3.05, 3.63) is 40.2 Å². The van der Waals surface area contributed by atoms with Crippen LogP contribution in [0.5, 0.6) is 0 Å². The van der Waals surface area contributed by atoms with E-state index in [4.69, 9.17) is 10.8 Å². The molecule has 2 aliphatic rings. The second kappa shape index (κ2) is 5.08. The Morgan fingerprint density at radius 3 is 2.83 bits per heavy atom. The summed E-state index contributed by atoms with van der Waals surface area (Å²) >= 11 is 0. The molecule has 4 rings (SSSR count). The molecule has 0 radical (unpaired) electrons. The van der Waals surface area contributed by atoms with Crippen LogP contribution >= 0.6 is 0 Å². The molecule has 9 heteroatoms. The molecule has 2 aromatic rings. The summed E-state index contributed by atoms with van der Waals surface area (Å²) in [6, 6.07) is 6.69. The lowest BCUT2D eigenvalue weighted by molar-refractivity contribution is -0.468. The van der Waals surface area contributed by atoms with Crippen LogP contribution in [0.15, 0.2) is 29.1 Å². The number of nitrogens with zero attached hydrogens (tertiary/aromatic N) is 3. The van der Waals surface area contributed by atoms with E-state index in [-0.39, 0.29) is 23.1 Å². The van der Waals surface area contributed by atoms with Crippen LogP contribution in [0.1, 0.15) is 10.4 Å². The number of aromatic nitrogens is 2. The fourth-order valence-corrected chi connectivity index (χ4v) is 3.04. The summed E-state index contributed by atoms with van der Waals surface area (Å²) in [6.45, 7) is 1.30. The molecule has 1 atom stereocenters. The number of aromatic carboxylic acids is 1. The van der Waals surface area contributed by atoms with Gasteiger partial charge in [0.2, 0.25) is 18.0 Å². The molecular formula is C15H15N6O3+. The van der Waals surface area contributed by atoms with Gasteiger partial charge in [-0.05, 0) is 24.3 Å². The van der Waals surface area contributed by atoms with Gasteiger partial charge in [-0.2, -0.15) is 4.98 Å². The zero-order valence-corrected chi connectivity index (χ0v) is 12.6. The van der Waals surface area contributed by atoms with Gasteiger partial charge in [-0.1, -0.05) is 0 Å². The summed E-state index contributed by atoms with van der Waals surface area (Å²) in [4.78, 5) is 31.8. The van der Waals surface area contributed by atoms with Crippen LogP contribution in [0.25, 0.3) is 0 Å². The Morgan fingerprint density at radius 2 is 2.12 bits per heavy atom. The molecule has 0 amide bonds. The first-order valence-corrected chi connectivity index (χ1v) is 7.40. The highest BCUT2D eigenvalue weighted by Gasteiger charge is 2.39. The van der Waals surface area contributed by atoms with E-state index >= 15 is 0 Å². The lowest BCUT2D eigenvalue weighted by Gasteiger charge is -2.20. The Labute approximate surface area is 136 Å². The van der Waals surface area contributed by atoms with Crippen molar-refractivity contribution in [1.29, 1.82) is 0 Å². The summed E-state index contributed by atoms with van der Waals surface area (Å²) in [6.07, 6.45) is 1.84. The first-order valence-electron chi connectivity index (χ1n) is 7.40. The minimum atomic E-state index is -0.960. The van der Waals surface area contributed by atoms with Crippen molar-refractivity contribution >= 4 is 35.4 Å². The van der Waals surface area contributed by atoms with Gasteiger partial charge >= 0.3 is 11.5 Å². The molecule has 122 valence electrons. The molecular weight excluding hydrogens is 312 g/mol. The van der Waals surface area contributed by atoms with Gasteiger partial charge in [-0.3, -0.25) is 9.78 Å². The molecule has 0 spiro atoms. The summed E-state index contributed by atoms with van der Waals surface area (Å²) in [5.41, 5.74) is 6.81. The Kier molecular flexibility index (Phi) is 3.02. The van der Waals surface area contributed by atoms with E-state index in [9.17, 15) is 9.59 Å². The molecule has 3 heterocycles. The maximum Gasteiger partial charge on any atom is 0.335 e. The second-order valence-corrected chi connectivity index (χ2v) is 5.71. The van der Waals surface area contributed by atoms with Crippen LogP contribution < -0.4 is 21.5 Å². The van der Waals surface area contributed by atoms with Crippen molar-refractivity contribution in [2.45, 2.75) is 6.04 Å². The zero-order valence-electron chi connectivity index (χ0n) is 12.6. The van der Waals surface area contributed by atoms with Gasteiger partial charge in [-0.25, -0.2) is 14.3 Å². The second-order valence-electron chi connectivity index (χ2n) is 5.71. The lowest BCUT2D eigenvalue weighted by atomic mass is 10.2. The number of H-pyrrole nitrogens is 1. The topological polar surface area (TPSA) is 127 Å². The number of hydrogen-bond donors (Lipinski definition) is 4. The van der Waals surface area contributed by atoms with E-state index in [1.165, 1.54) is 0 Å². The molecule has 2 aliphatic heterocycles. The average Bonchev–Trinajstić information content (AvgIpc) is 2.98. The number of carboxylic acids is 1. The molecule has 24 heavy (non-hydrogen) atoms. The molecule has 1 aromatic heterocycles. The SMILES string of the molecule is Nc1nc2c(c(=O)[nH]1)[N+]1=CN(c3ccc(C(=O)O)cc3)CC1CN2. The normalized spacial score (nSPS) is 18.4. The van der Waals surface area contributed by atoms with Crippen molar-refractivity contribution in [3.63, 3.8) is 0 Å². The number of aromatic amines is 1. The standard InChI is InChI=1S/C15H14N6O3/c16-15-18-12-11(13(22)19-15)21-7-20(6-10(21)5-17-12)9-3-1-8(2-4-9)14(23)24/h1-4,7,10H,5-6H2,(H4-,16,17,18,19,22,23,24)/p+1. The first kappa shape index (κ1) is 14.2. The number of benzene rings is 1. The van der Waals surface area contributed by atoms with E-state index in [1.54, 1.807) is 24.3 Å². The number of fused-ring (bicyclic) bond motifs is 3. The minimum Gasteiger partial charge on any atom is -0.478 e. The molecule has 0 aliphatic carbocycles. The van der Waals surface area contributed by atoms with Crippen molar-refractivity contribution in [2.24, 2.45) is 0 Å². The summed E-state index contributed by atoms with van der Waals surface area (Å²) in [5, 5.41) is 12.1. The largest absolute Gasteiger partial charge is 0.478 e. The van der Waals surface area contributed by atoms with E-state index < -0.39 is 5.97 Å². The van der Waals surface area contributed by atoms with Gasteiger partial charge in [0.1, 0.15) is 12.2 Å². The lowest BCUT2D eigenvalue weighted by Crippen LogP contribution is -2.38. The van der Waals surface area contributed by atoms with Gasteiger partial charge in [0.05, 0.1) is 12.1 Å². The molecule has 0 bridgehead atoms. The predicted octanol–water partition coefficient (Wildman–Crippen LogP) is 0.0369. The number of anilines is 3. The highest BCUT2D eigenvalue weighted by atomic mass is 16.4. The van der Waals surface area contributed by atoms with Gasteiger partial charge in [0.25, 0.3) is 0 Å². The third kappa shape index (κ3) is 2.18. The molecule has 1 aromatic carbocycles. The number of nitrogens with one attached hydrogen (secondary N) is 2. The molecule has 5 N–H and O–H groups in total. The van der Waals surface area contributed by atoms with Crippen molar-refractivity contribution in [3.8, 4) is 0 Å². The van der Waals surface area contributed by atoms with Crippen LogP contribution in [-0.2, 0) is 0 Å². The molecule has 0 saturated heterocycles. The van der Waals surface area contributed by atoms with E-state index in [0.29, 0.717) is 24.6 Å². The Morgan fingerprint density at radius 1 is 1.38 bits per heavy atom. The van der Waals surface area contributed by atoms with Crippen LogP contribution in [0.2, 0.25) is 0 Å². The van der Waals surface area contributed by atoms with Crippen molar-refractivity contribution in [1.82, 2.24) is 9.97 Å². The third-order valence-electron chi connectivity index (χ3n) is 4.19. The first-order chi connectivity index (χ1) is 11.5. The smallest absolute Gasteiger partial charge is 0.335 e. The van der Waals surface area contributed by atoms with E-state index in [1.807, 2.05) is 15.8 Å². The fourth-order valence-electron chi connectivity index (χ4n) is 3.04. The summed E-state index contributed by atoms with van der Waals surface area (Å²) in [5.74, 6) is -0.422. The molecule has 0 saturated carbocycles. The Hall–Kier alpha value is -3.36. The predicted molar refractivity (Wildman–Crippen MR) is 88.3 cm³/mol. The van der Waals surface area contributed by atoms with Gasteiger partial charge in [0, 0.05) is 0 Å². The summed E-state index contributed by atoms with van der Waals surface area (Å²) < 4.78 is 1.88. The number of carboxylic acid groups (broad SMARTS) is 1. The molecule has 0 fully saturated rings. The number of nitrogens with two attached hydrogens (primary N) is 1. The third-order valence-corrected chi connectivity index (χ3v) is 4.19. The van der Waals surface area contributed by atoms with Crippen LogP contribution in [0.4, 0.5) is 23.1 Å². The zero-order chi connectivity index (χ0) is 16.8. The van der Waals surface area contributed by atoms with Crippen LogP contribution in [0.3, 0.4) is 0 Å². The maximum absolute atomic E-state index is 12.2.